The summed E-state index contributed by atoms with van der Waals surface area (Å²) in [7, 11) is 2.16. The van der Waals surface area contributed by atoms with Crippen molar-refractivity contribution in [1.82, 2.24) is 4.90 Å². The fraction of sp³-hybridized carbons (Fsp3) is 0.917. The molecule has 0 N–H and O–H groups in total. The number of rotatable bonds is 6. The molecule has 15 heavy (non-hydrogen) atoms. The van der Waals surface area contributed by atoms with Gasteiger partial charge in [0, 0.05) is 30.7 Å². The van der Waals surface area contributed by atoms with Gasteiger partial charge in [-0.25, -0.2) is 0 Å². The van der Waals surface area contributed by atoms with Crippen molar-refractivity contribution in [3.05, 3.63) is 0 Å². The van der Waals surface area contributed by atoms with E-state index in [-0.39, 0.29) is 0 Å². The molecule has 3 heteroatoms. The highest BCUT2D eigenvalue weighted by Crippen LogP contribution is 2.23. The van der Waals surface area contributed by atoms with Gasteiger partial charge in [-0.2, -0.15) is 11.8 Å². The van der Waals surface area contributed by atoms with Crippen LogP contribution in [0.1, 0.15) is 32.6 Å². The number of ketones is 1. The number of carbonyl (C=O) groups excluding carboxylic acids is 1. The number of carbonyl (C=O) groups is 1. The minimum absolute atomic E-state index is 0.325. The monoisotopic (exact) mass is 229 g/mol. The standard InChI is InChI=1S/C12H23NOS/c1-4-11(9-15-3)13(2)8-10-6-5-7-12(10)14/h10-11H,4-9H2,1-3H3. The molecule has 0 heterocycles. The Balaban J connectivity index is 2.38. The van der Waals surface area contributed by atoms with Crippen molar-refractivity contribution in [2.45, 2.75) is 38.6 Å². The molecule has 1 rings (SSSR count). The van der Waals surface area contributed by atoms with Gasteiger partial charge in [0.2, 0.25) is 0 Å². The summed E-state index contributed by atoms with van der Waals surface area (Å²) in [5.74, 6) is 1.99. The quantitative estimate of drug-likeness (QED) is 0.698. The Morgan fingerprint density at radius 2 is 2.33 bits per heavy atom. The van der Waals surface area contributed by atoms with Crippen molar-refractivity contribution in [3.63, 3.8) is 0 Å². The Bertz CT molecular complexity index is 208. The molecule has 2 nitrogen and oxygen atoms in total. The van der Waals surface area contributed by atoms with Gasteiger partial charge in [0.25, 0.3) is 0 Å². The molecule has 1 fully saturated rings. The smallest absolute Gasteiger partial charge is 0.137 e. The molecule has 0 saturated heterocycles. The lowest BCUT2D eigenvalue weighted by Crippen LogP contribution is -2.37. The van der Waals surface area contributed by atoms with E-state index in [0.29, 0.717) is 17.7 Å². The summed E-state index contributed by atoms with van der Waals surface area (Å²) in [4.78, 5) is 13.9. The number of thioether (sulfide) groups is 1. The molecule has 0 radical (unpaired) electrons. The minimum atomic E-state index is 0.325. The molecular formula is C12H23NOS. The van der Waals surface area contributed by atoms with E-state index in [9.17, 15) is 4.79 Å². The lowest BCUT2D eigenvalue weighted by Gasteiger charge is -2.28. The first-order chi connectivity index (χ1) is 7.19. The van der Waals surface area contributed by atoms with Crippen LogP contribution < -0.4 is 0 Å². The maximum absolute atomic E-state index is 11.5. The van der Waals surface area contributed by atoms with Gasteiger partial charge in [-0.15, -0.1) is 0 Å². The summed E-state index contributed by atoms with van der Waals surface area (Å²) >= 11 is 1.89. The minimum Gasteiger partial charge on any atom is -0.302 e. The molecule has 88 valence electrons. The first kappa shape index (κ1) is 13.0. The largest absolute Gasteiger partial charge is 0.302 e. The molecule has 0 aliphatic heterocycles. The Hall–Kier alpha value is -0.0200. The zero-order chi connectivity index (χ0) is 11.3. The predicted molar refractivity (Wildman–Crippen MR) is 67.4 cm³/mol. The summed E-state index contributed by atoms with van der Waals surface area (Å²) < 4.78 is 0. The lowest BCUT2D eigenvalue weighted by molar-refractivity contribution is -0.121. The molecule has 2 atom stereocenters. The van der Waals surface area contributed by atoms with E-state index < -0.39 is 0 Å². The van der Waals surface area contributed by atoms with Crippen LogP contribution >= 0.6 is 11.8 Å². The maximum atomic E-state index is 11.5. The molecule has 0 bridgehead atoms. The first-order valence-corrected chi connectivity index (χ1v) is 7.30. The molecular weight excluding hydrogens is 206 g/mol. The maximum Gasteiger partial charge on any atom is 0.137 e. The van der Waals surface area contributed by atoms with E-state index in [1.807, 2.05) is 11.8 Å². The van der Waals surface area contributed by atoms with Crippen molar-refractivity contribution >= 4 is 17.5 Å². The zero-order valence-electron chi connectivity index (χ0n) is 10.2. The van der Waals surface area contributed by atoms with Crippen LogP contribution in [0.2, 0.25) is 0 Å². The first-order valence-electron chi connectivity index (χ1n) is 5.91. The van der Waals surface area contributed by atoms with Crippen LogP contribution in [0.25, 0.3) is 0 Å². The summed E-state index contributed by atoms with van der Waals surface area (Å²) in [6, 6.07) is 0.633. The zero-order valence-corrected chi connectivity index (χ0v) is 11.0. The van der Waals surface area contributed by atoms with E-state index in [1.165, 1.54) is 12.2 Å². The predicted octanol–water partition coefficient (Wildman–Crippen LogP) is 2.43. The van der Waals surface area contributed by atoms with E-state index in [0.717, 1.165) is 25.8 Å². The van der Waals surface area contributed by atoms with Crippen LogP contribution in [0.3, 0.4) is 0 Å². The van der Waals surface area contributed by atoms with Gasteiger partial charge in [0.15, 0.2) is 0 Å². The second kappa shape index (κ2) is 6.54. The average molecular weight is 229 g/mol. The lowest BCUT2D eigenvalue weighted by atomic mass is 10.1. The molecule has 1 aliphatic rings. The van der Waals surface area contributed by atoms with E-state index in [1.54, 1.807) is 0 Å². The van der Waals surface area contributed by atoms with E-state index in [4.69, 9.17) is 0 Å². The second-order valence-corrected chi connectivity index (χ2v) is 5.42. The fourth-order valence-electron chi connectivity index (χ4n) is 2.33. The van der Waals surface area contributed by atoms with E-state index in [2.05, 4.69) is 25.1 Å². The molecule has 0 spiro atoms. The molecule has 0 amide bonds. The summed E-state index contributed by atoms with van der Waals surface area (Å²) in [6.07, 6.45) is 6.36. The SMILES string of the molecule is CCC(CSC)N(C)CC1CCCC1=O. The molecule has 0 aromatic carbocycles. The third-order valence-corrected chi connectivity index (χ3v) is 4.11. The van der Waals surface area contributed by atoms with Crippen LogP contribution in [0.5, 0.6) is 0 Å². The van der Waals surface area contributed by atoms with Crippen molar-refractivity contribution in [1.29, 1.82) is 0 Å². The molecule has 0 aromatic heterocycles. The molecule has 1 saturated carbocycles. The van der Waals surface area contributed by atoms with Gasteiger partial charge in [-0.1, -0.05) is 6.92 Å². The van der Waals surface area contributed by atoms with Gasteiger partial charge >= 0.3 is 0 Å². The van der Waals surface area contributed by atoms with E-state index >= 15 is 0 Å². The third kappa shape index (κ3) is 3.80. The Morgan fingerprint density at radius 1 is 1.60 bits per heavy atom. The second-order valence-electron chi connectivity index (χ2n) is 4.51. The van der Waals surface area contributed by atoms with Gasteiger partial charge < -0.3 is 4.90 Å². The third-order valence-electron chi connectivity index (χ3n) is 3.39. The van der Waals surface area contributed by atoms with Crippen LogP contribution in [-0.2, 0) is 4.79 Å². The Kier molecular flexibility index (Phi) is 5.69. The number of hydrogen-bond acceptors (Lipinski definition) is 3. The number of nitrogens with zero attached hydrogens (tertiary/aromatic N) is 1. The molecule has 0 aromatic rings. The van der Waals surface area contributed by atoms with Crippen molar-refractivity contribution in [2.75, 3.05) is 25.6 Å². The fourth-order valence-corrected chi connectivity index (χ4v) is 3.20. The van der Waals surface area contributed by atoms with Crippen molar-refractivity contribution in [2.24, 2.45) is 5.92 Å². The molecule has 1 aliphatic carbocycles. The molecule has 2 unspecified atom stereocenters. The highest BCUT2D eigenvalue weighted by Gasteiger charge is 2.26. The van der Waals surface area contributed by atoms with Gasteiger partial charge in [-0.05, 0) is 32.6 Å². The summed E-state index contributed by atoms with van der Waals surface area (Å²) in [6.45, 7) is 3.20. The van der Waals surface area contributed by atoms with Crippen LogP contribution in [-0.4, -0.2) is 42.3 Å². The number of hydrogen-bond donors (Lipinski definition) is 0. The Labute approximate surface area is 97.8 Å². The van der Waals surface area contributed by atoms with Gasteiger partial charge in [0.1, 0.15) is 5.78 Å². The summed E-state index contributed by atoms with van der Waals surface area (Å²) in [5.41, 5.74) is 0. The van der Waals surface area contributed by atoms with Gasteiger partial charge in [0.05, 0.1) is 0 Å². The van der Waals surface area contributed by atoms with Crippen LogP contribution in [0.15, 0.2) is 0 Å². The highest BCUT2D eigenvalue weighted by molar-refractivity contribution is 7.98. The number of Topliss-reactive ketones (excluding diaryl/α,β-unsaturated/α-hetero) is 1. The van der Waals surface area contributed by atoms with Gasteiger partial charge in [-0.3, -0.25) is 4.79 Å². The average Bonchev–Trinajstić information content (AvgIpc) is 2.60. The highest BCUT2D eigenvalue weighted by atomic mass is 32.2. The normalized spacial score (nSPS) is 23.7. The van der Waals surface area contributed by atoms with Crippen molar-refractivity contribution in [3.8, 4) is 0 Å². The Morgan fingerprint density at radius 3 is 2.80 bits per heavy atom. The van der Waals surface area contributed by atoms with Crippen LogP contribution in [0.4, 0.5) is 0 Å². The summed E-state index contributed by atoms with van der Waals surface area (Å²) in [5, 5.41) is 0. The van der Waals surface area contributed by atoms with Crippen LogP contribution in [0, 0.1) is 5.92 Å². The van der Waals surface area contributed by atoms with Crippen molar-refractivity contribution < 1.29 is 4.79 Å². The topological polar surface area (TPSA) is 20.3 Å².